The molecule has 2 heterocycles. The van der Waals surface area contributed by atoms with Gasteiger partial charge in [-0.1, -0.05) is 256 Å². The Hall–Kier alpha value is -10.4. The molecule has 1 aliphatic rings. The average Bonchev–Trinajstić information content (AvgIpc) is 1.50. The zero-order valence-electron chi connectivity index (χ0n) is 53.2. The minimum absolute atomic E-state index is 0.0578. The molecule has 0 saturated carbocycles. The van der Waals surface area contributed by atoms with E-state index in [9.17, 15) is 0 Å². The summed E-state index contributed by atoms with van der Waals surface area (Å²) in [5, 5.41) is 8.87. The molecule has 1 aliphatic carbocycles. The molecule has 2 aromatic heterocycles. The van der Waals surface area contributed by atoms with Gasteiger partial charge in [0.25, 0.3) is 0 Å². The minimum Gasteiger partial charge on any atom is -0.454 e. The number of hydrogen-bond acceptors (Lipinski definition) is 4. The van der Waals surface area contributed by atoms with Crippen molar-refractivity contribution < 1.29 is 8.83 Å². The van der Waals surface area contributed by atoms with Gasteiger partial charge < -0.3 is 18.6 Å². The van der Waals surface area contributed by atoms with Crippen molar-refractivity contribution in [2.24, 2.45) is 0 Å². The number of nitrogens with zero attached hydrogens (tertiary/aromatic N) is 2. The first kappa shape index (κ1) is 55.9. The molecule has 15 aromatic rings. The average molecular weight is 1180 g/mol. The Morgan fingerprint density at radius 2 is 0.670 bits per heavy atom. The summed E-state index contributed by atoms with van der Waals surface area (Å²) in [5.41, 5.74) is 20.9. The quantitative estimate of drug-likeness (QED) is 0.144. The molecule has 4 heteroatoms. The summed E-state index contributed by atoms with van der Waals surface area (Å²) >= 11 is 0. The number of anilines is 6. The van der Waals surface area contributed by atoms with E-state index >= 15 is 0 Å². The monoisotopic (exact) mass is 1180 g/mol. The summed E-state index contributed by atoms with van der Waals surface area (Å²) in [6.07, 6.45) is 0. The lowest BCUT2D eigenvalue weighted by Crippen LogP contribution is -2.29. The van der Waals surface area contributed by atoms with Gasteiger partial charge >= 0.3 is 0 Å². The number of hydrogen-bond donors (Lipinski definition) is 0. The summed E-state index contributed by atoms with van der Waals surface area (Å²) in [5.74, 6) is 0. The van der Waals surface area contributed by atoms with Crippen molar-refractivity contribution in [3.63, 3.8) is 0 Å². The molecule has 4 nitrogen and oxygen atoms in total. The van der Waals surface area contributed by atoms with Crippen molar-refractivity contribution in [1.29, 1.82) is 0 Å². The molecule has 13 aromatic carbocycles. The fourth-order valence-electron chi connectivity index (χ4n) is 14.6. The van der Waals surface area contributed by atoms with E-state index in [0.717, 1.165) is 133 Å². The van der Waals surface area contributed by atoms with Crippen LogP contribution in [-0.4, -0.2) is 0 Å². The Bertz CT molecular complexity index is 5290. The number of rotatable bonds is 9. The second kappa shape index (κ2) is 20.8. The smallest absolute Gasteiger partial charge is 0.160 e. The van der Waals surface area contributed by atoms with Gasteiger partial charge in [0.1, 0.15) is 11.2 Å². The van der Waals surface area contributed by atoms with E-state index in [4.69, 9.17) is 8.83 Å². The summed E-state index contributed by atoms with van der Waals surface area (Å²) in [6.45, 7) is 20.6. The number of fused-ring (bicyclic) bond motifs is 13. The lowest BCUT2D eigenvalue weighted by molar-refractivity contribution is 0.587. The Labute approximate surface area is 533 Å². The number of benzene rings is 13. The zero-order valence-corrected chi connectivity index (χ0v) is 53.2. The highest BCUT2D eigenvalue weighted by atomic mass is 16.3. The third-order valence-electron chi connectivity index (χ3n) is 19.3. The molecule has 16 rings (SSSR count). The fourth-order valence-corrected chi connectivity index (χ4v) is 14.6. The van der Waals surface area contributed by atoms with Gasteiger partial charge in [-0.25, -0.2) is 0 Å². The van der Waals surface area contributed by atoms with Crippen LogP contribution in [0.2, 0.25) is 0 Å². The summed E-state index contributed by atoms with van der Waals surface area (Å²) in [6, 6.07) is 102. The van der Waals surface area contributed by atoms with Crippen molar-refractivity contribution in [3.8, 4) is 22.3 Å². The van der Waals surface area contributed by atoms with Crippen LogP contribution in [0.15, 0.2) is 282 Å². The molecule has 0 bridgehead atoms. The first-order valence-electron chi connectivity index (χ1n) is 32.0. The molecule has 0 amide bonds. The summed E-state index contributed by atoms with van der Waals surface area (Å²) in [7, 11) is 0. The predicted octanol–water partition coefficient (Wildman–Crippen LogP) is 24.7. The molecular formula is C87H72N2O2. The standard InChI is InChI=1S/C87H72N2O2/c1-84(2,3)61-36-43-66(44-37-61)88(68-41-33-56-25-19-21-27-58(56)49-68)74-53-72-80(78-70-47-35-60(51-76(70)90-82(74)78)55-23-13-10-14-24-55)81-73(87(72,63-29-15-11-16-30-63)64-31-17-12-18-32-64)54-75(83-79(81)71-48-40-65(86(7,8)9)52-77(71)91-83)89(67-45-38-62(39-46-67)85(4,5)6)69-42-34-57-26-20-22-28-59(57)50-69/h10-54H,1-9H3. The van der Waals surface area contributed by atoms with E-state index in [0.29, 0.717) is 0 Å². The van der Waals surface area contributed by atoms with Gasteiger partial charge in [0.05, 0.1) is 16.8 Å². The second-order valence-corrected chi connectivity index (χ2v) is 28.1. The van der Waals surface area contributed by atoms with E-state index in [-0.39, 0.29) is 16.2 Å². The molecule has 0 atom stereocenters. The molecule has 0 N–H and O–H groups in total. The van der Waals surface area contributed by atoms with Crippen molar-refractivity contribution in [3.05, 3.63) is 312 Å². The highest BCUT2D eigenvalue weighted by Gasteiger charge is 2.50. The molecule has 0 radical (unpaired) electrons. The molecule has 442 valence electrons. The van der Waals surface area contributed by atoms with Gasteiger partial charge in [0, 0.05) is 44.3 Å². The summed E-state index contributed by atoms with van der Waals surface area (Å²) in [4.78, 5) is 4.91. The van der Waals surface area contributed by atoms with Crippen LogP contribution in [0, 0.1) is 0 Å². The van der Waals surface area contributed by atoms with Crippen LogP contribution in [0.1, 0.15) is 101 Å². The van der Waals surface area contributed by atoms with Crippen LogP contribution in [0.3, 0.4) is 0 Å². The third-order valence-corrected chi connectivity index (χ3v) is 19.3. The molecule has 0 spiro atoms. The predicted molar refractivity (Wildman–Crippen MR) is 384 cm³/mol. The van der Waals surface area contributed by atoms with Crippen LogP contribution in [0.25, 0.3) is 87.7 Å². The van der Waals surface area contributed by atoms with E-state index in [2.05, 4.69) is 345 Å². The van der Waals surface area contributed by atoms with Gasteiger partial charge in [0.2, 0.25) is 0 Å². The minimum atomic E-state index is -0.933. The van der Waals surface area contributed by atoms with Gasteiger partial charge in [0.15, 0.2) is 11.2 Å². The molecule has 0 aliphatic heterocycles. The normalized spacial score (nSPS) is 13.2. The van der Waals surface area contributed by atoms with Crippen LogP contribution >= 0.6 is 0 Å². The van der Waals surface area contributed by atoms with Crippen molar-refractivity contribution >= 4 is 99.5 Å². The van der Waals surface area contributed by atoms with Crippen molar-refractivity contribution in [1.82, 2.24) is 0 Å². The van der Waals surface area contributed by atoms with Crippen LogP contribution in [0.4, 0.5) is 34.1 Å². The van der Waals surface area contributed by atoms with Gasteiger partial charge in [-0.3, -0.25) is 0 Å². The first-order valence-corrected chi connectivity index (χ1v) is 32.0. The van der Waals surface area contributed by atoms with Crippen LogP contribution in [-0.2, 0) is 21.7 Å². The fraction of sp³-hybridized carbons (Fsp3) is 0.149. The van der Waals surface area contributed by atoms with Gasteiger partial charge in [-0.15, -0.1) is 0 Å². The molecule has 0 unspecified atom stereocenters. The van der Waals surface area contributed by atoms with Crippen LogP contribution in [0.5, 0.6) is 0 Å². The molecule has 0 fully saturated rings. The van der Waals surface area contributed by atoms with Crippen LogP contribution < -0.4 is 9.80 Å². The van der Waals surface area contributed by atoms with E-state index in [1.807, 2.05) is 0 Å². The Morgan fingerprint density at radius 3 is 1.11 bits per heavy atom. The number of furan rings is 2. The summed E-state index contributed by atoms with van der Waals surface area (Å²) < 4.78 is 15.5. The van der Waals surface area contributed by atoms with E-state index in [1.54, 1.807) is 0 Å². The SMILES string of the molecule is CC(C)(C)c1ccc(N(c2ccc3ccccc3c2)c2cc3c(c4c2oc2cc(-c5ccccc5)ccc24)-c2c(cc(N(c4ccc(C(C)(C)C)cc4)c4ccc5ccccc5c4)c4oc5cc(C(C)(C)C)ccc5c24)C3(c2ccccc2)c2ccccc2)cc1. The lowest BCUT2D eigenvalue weighted by atomic mass is 9.67. The highest BCUT2D eigenvalue weighted by Crippen LogP contribution is 2.65. The maximum absolute atomic E-state index is 7.76. The second-order valence-electron chi connectivity index (χ2n) is 28.1. The maximum atomic E-state index is 7.76. The Kier molecular flexibility index (Phi) is 12.8. The van der Waals surface area contributed by atoms with Gasteiger partial charge in [-0.2, -0.15) is 0 Å². The van der Waals surface area contributed by atoms with Crippen molar-refractivity contribution in [2.75, 3.05) is 9.80 Å². The van der Waals surface area contributed by atoms with E-state index < -0.39 is 5.41 Å². The largest absolute Gasteiger partial charge is 0.454 e. The molecule has 0 saturated heterocycles. The highest BCUT2D eigenvalue weighted by molar-refractivity contribution is 6.27. The Balaban J connectivity index is 1.12. The molecular weight excluding hydrogens is 1100 g/mol. The maximum Gasteiger partial charge on any atom is 0.160 e. The first-order chi connectivity index (χ1) is 44.0. The third kappa shape index (κ3) is 9.09. The Morgan fingerprint density at radius 1 is 0.297 bits per heavy atom. The lowest BCUT2D eigenvalue weighted by Gasteiger charge is -2.36. The van der Waals surface area contributed by atoms with Crippen molar-refractivity contribution in [2.45, 2.75) is 84.0 Å². The zero-order chi connectivity index (χ0) is 62.1. The topological polar surface area (TPSA) is 32.8 Å². The van der Waals surface area contributed by atoms with E-state index in [1.165, 1.54) is 27.5 Å². The van der Waals surface area contributed by atoms with Gasteiger partial charge in [-0.05, 0) is 178 Å². The molecule has 91 heavy (non-hydrogen) atoms.